The number of methoxy groups -OCH3 is 1. The summed E-state index contributed by atoms with van der Waals surface area (Å²) < 4.78 is 5.08. The van der Waals surface area contributed by atoms with Crippen molar-refractivity contribution in [2.24, 2.45) is 0 Å². The first-order valence-corrected chi connectivity index (χ1v) is 5.07. The van der Waals surface area contributed by atoms with Gasteiger partial charge in [-0.05, 0) is 18.6 Å². The van der Waals surface area contributed by atoms with Gasteiger partial charge in [-0.3, -0.25) is 0 Å². The Labute approximate surface area is 94.2 Å². The molecule has 0 radical (unpaired) electrons. The summed E-state index contributed by atoms with van der Waals surface area (Å²) in [7, 11) is 1.65. The summed E-state index contributed by atoms with van der Waals surface area (Å²) in [6.07, 6.45) is 1.69. The monoisotopic (exact) mass is 230 g/mol. The number of pyridine rings is 1. The lowest BCUT2D eigenvalue weighted by atomic mass is 10.3. The highest BCUT2D eigenvalue weighted by Crippen LogP contribution is 2.19. The second kappa shape index (κ2) is 5.90. The van der Waals surface area contributed by atoms with Gasteiger partial charge in [0.05, 0.1) is 17.7 Å². The van der Waals surface area contributed by atoms with Crippen LogP contribution in [0.4, 0.5) is 5.82 Å². The molecule has 1 aromatic rings. The molecule has 4 nitrogen and oxygen atoms in total. The zero-order chi connectivity index (χ0) is 11.3. The minimum absolute atomic E-state index is 0.0541. The molecule has 0 spiro atoms. The van der Waals surface area contributed by atoms with Crippen molar-refractivity contribution in [3.63, 3.8) is 0 Å². The molecular weight excluding hydrogens is 216 g/mol. The van der Waals surface area contributed by atoms with Crippen molar-refractivity contribution < 1.29 is 9.84 Å². The first-order valence-electron chi connectivity index (χ1n) is 4.69. The zero-order valence-electron chi connectivity index (χ0n) is 8.83. The van der Waals surface area contributed by atoms with Crippen LogP contribution in [0.1, 0.15) is 12.5 Å². The minimum atomic E-state index is -0.0541. The summed E-state index contributed by atoms with van der Waals surface area (Å²) in [5, 5.41) is 12.4. The maximum Gasteiger partial charge on any atom is 0.144 e. The molecule has 0 aliphatic rings. The first-order chi connectivity index (χ1) is 7.17. The van der Waals surface area contributed by atoms with Crippen molar-refractivity contribution in [1.29, 1.82) is 0 Å². The Balaban J connectivity index is 2.62. The van der Waals surface area contributed by atoms with Gasteiger partial charge in [0, 0.05) is 19.9 Å². The van der Waals surface area contributed by atoms with E-state index in [9.17, 15) is 0 Å². The molecule has 0 saturated carbocycles. The average Bonchev–Trinajstić information content (AvgIpc) is 2.26. The highest BCUT2D eigenvalue weighted by atomic mass is 35.5. The van der Waals surface area contributed by atoms with Crippen LogP contribution in [0.25, 0.3) is 0 Å². The molecule has 0 aliphatic carbocycles. The van der Waals surface area contributed by atoms with Crippen molar-refractivity contribution >= 4 is 17.4 Å². The molecule has 84 valence electrons. The standard InChI is InChI=1S/C10H15ClN2O2/c1-7(15-2)4-12-10-9(11)3-8(6-14)5-13-10/h3,5,7,14H,4,6H2,1-2H3,(H,12,13). The van der Waals surface area contributed by atoms with E-state index in [0.717, 1.165) is 0 Å². The maximum atomic E-state index is 8.87. The minimum Gasteiger partial charge on any atom is -0.392 e. The molecule has 1 rings (SSSR count). The number of halogens is 1. The second-order valence-corrected chi connectivity index (χ2v) is 3.67. The van der Waals surface area contributed by atoms with Crippen molar-refractivity contribution in [2.75, 3.05) is 19.0 Å². The van der Waals surface area contributed by atoms with Gasteiger partial charge in [0.15, 0.2) is 0 Å². The smallest absolute Gasteiger partial charge is 0.144 e. The molecule has 0 aliphatic heterocycles. The highest BCUT2D eigenvalue weighted by molar-refractivity contribution is 6.32. The first kappa shape index (κ1) is 12.2. The molecule has 2 N–H and O–H groups in total. The van der Waals surface area contributed by atoms with E-state index >= 15 is 0 Å². The lowest BCUT2D eigenvalue weighted by molar-refractivity contribution is 0.128. The van der Waals surface area contributed by atoms with E-state index in [1.165, 1.54) is 0 Å². The number of aliphatic hydroxyl groups is 1. The fourth-order valence-corrected chi connectivity index (χ4v) is 1.27. The number of aliphatic hydroxyl groups excluding tert-OH is 1. The molecule has 1 heterocycles. The van der Waals surface area contributed by atoms with E-state index in [1.807, 2.05) is 6.92 Å². The summed E-state index contributed by atoms with van der Waals surface area (Å²) in [5.41, 5.74) is 0.699. The summed E-state index contributed by atoms with van der Waals surface area (Å²) in [4.78, 5) is 4.10. The van der Waals surface area contributed by atoms with E-state index in [1.54, 1.807) is 19.4 Å². The summed E-state index contributed by atoms with van der Waals surface area (Å²) in [6.45, 7) is 2.53. The maximum absolute atomic E-state index is 8.87. The normalized spacial score (nSPS) is 12.5. The fraction of sp³-hybridized carbons (Fsp3) is 0.500. The van der Waals surface area contributed by atoms with E-state index in [0.29, 0.717) is 22.9 Å². The fourth-order valence-electron chi connectivity index (χ4n) is 1.02. The second-order valence-electron chi connectivity index (χ2n) is 3.26. The highest BCUT2D eigenvalue weighted by Gasteiger charge is 2.04. The Morgan fingerprint density at radius 3 is 2.93 bits per heavy atom. The van der Waals surface area contributed by atoms with Gasteiger partial charge < -0.3 is 15.2 Å². The van der Waals surface area contributed by atoms with Crippen LogP contribution in [0.2, 0.25) is 5.02 Å². The molecule has 0 amide bonds. The number of ether oxygens (including phenoxy) is 1. The van der Waals surface area contributed by atoms with Crippen molar-refractivity contribution in [3.8, 4) is 0 Å². The van der Waals surface area contributed by atoms with Crippen molar-refractivity contribution in [2.45, 2.75) is 19.6 Å². The number of hydrogen-bond donors (Lipinski definition) is 2. The van der Waals surface area contributed by atoms with Gasteiger partial charge in [0.25, 0.3) is 0 Å². The summed E-state index contributed by atoms with van der Waals surface area (Å²) >= 11 is 5.96. The van der Waals surface area contributed by atoms with Crippen LogP contribution in [0.3, 0.4) is 0 Å². The molecular formula is C10H15ClN2O2. The molecule has 1 unspecified atom stereocenters. The molecule has 0 aromatic carbocycles. The number of nitrogens with zero attached hydrogens (tertiary/aromatic N) is 1. The predicted molar refractivity (Wildman–Crippen MR) is 60.1 cm³/mol. The van der Waals surface area contributed by atoms with Crippen LogP contribution in [0, 0.1) is 0 Å². The predicted octanol–water partition coefficient (Wildman–Crippen LogP) is 1.67. The average molecular weight is 231 g/mol. The van der Waals surface area contributed by atoms with Crippen LogP contribution in [-0.2, 0) is 11.3 Å². The Kier molecular flexibility index (Phi) is 4.81. The summed E-state index contributed by atoms with van der Waals surface area (Å²) in [5.74, 6) is 0.609. The van der Waals surface area contributed by atoms with Crippen molar-refractivity contribution in [3.05, 3.63) is 22.8 Å². The van der Waals surface area contributed by atoms with Gasteiger partial charge in [0.1, 0.15) is 5.82 Å². The molecule has 0 fully saturated rings. The Morgan fingerprint density at radius 2 is 2.40 bits per heavy atom. The molecule has 15 heavy (non-hydrogen) atoms. The Hall–Kier alpha value is -0.840. The number of anilines is 1. The number of aromatic nitrogens is 1. The van der Waals surface area contributed by atoms with Crippen LogP contribution in [0.5, 0.6) is 0 Å². The van der Waals surface area contributed by atoms with Gasteiger partial charge >= 0.3 is 0 Å². The molecule has 0 saturated heterocycles. The van der Waals surface area contributed by atoms with E-state index < -0.39 is 0 Å². The molecule has 5 heteroatoms. The van der Waals surface area contributed by atoms with Gasteiger partial charge in [-0.2, -0.15) is 0 Å². The number of rotatable bonds is 5. The number of hydrogen-bond acceptors (Lipinski definition) is 4. The van der Waals surface area contributed by atoms with Crippen LogP contribution < -0.4 is 5.32 Å². The summed E-state index contributed by atoms with van der Waals surface area (Å²) in [6, 6.07) is 1.69. The van der Waals surface area contributed by atoms with Crippen LogP contribution in [0.15, 0.2) is 12.3 Å². The lowest BCUT2D eigenvalue weighted by Gasteiger charge is -2.12. The van der Waals surface area contributed by atoms with Crippen molar-refractivity contribution in [1.82, 2.24) is 4.98 Å². The zero-order valence-corrected chi connectivity index (χ0v) is 9.58. The van der Waals surface area contributed by atoms with E-state index in [2.05, 4.69) is 10.3 Å². The van der Waals surface area contributed by atoms with Gasteiger partial charge in [-0.1, -0.05) is 11.6 Å². The largest absolute Gasteiger partial charge is 0.392 e. The molecule has 1 atom stereocenters. The van der Waals surface area contributed by atoms with E-state index in [-0.39, 0.29) is 12.7 Å². The van der Waals surface area contributed by atoms with Gasteiger partial charge in [-0.25, -0.2) is 4.98 Å². The van der Waals surface area contributed by atoms with E-state index in [4.69, 9.17) is 21.4 Å². The van der Waals surface area contributed by atoms with Crippen LogP contribution >= 0.6 is 11.6 Å². The third-order valence-electron chi connectivity index (χ3n) is 2.04. The SMILES string of the molecule is COC(C)CNc1ncc(CO)cc1Cl. The number of nitrogens with one attached hydrogen (secondary N) is 1. The van der Waals surface area contributed by atoms with Crippen LogP contribution in [-0.4, -0.2) is 29.8 Å². The third-order valence-corrected chi connectivity index (χ3v) is 2.33. The Morgan fingerprint density at radius 1 is 1.67 bits per heavy atom. The third kappa shape index (κ3) is 3.66. The molecule has 0 bridgehead atoms. The molecule has 1 aromatic heterocycles. The lowest BCUT2D eigenvalue weighted by Crippen LogP contribution is -2.18. The van der Waals surface area contributed by atoms with Gasteiger partial charge in [-0.15, -0.1) is 0 Å². The Bertz CT molecular complexity index is 320. The topological polar surface area (TPSA) is 54.4 Å². The quantitative estimate of drug-likeness (QED) is 0.808. The van der Waals surface area contributed by atoms with Gasteiger partial charge in [0.2, 0.25) is 0 Å².